The molecule has 0 aliphatic carbocycles. The fraction of sp³-hybridized carbons (Fsp3) is 0.588. The van der Waals surface area contributed by atoms with E-state index in [0.29, 0.717) is 36.9 Å². The molecular formula is C17H24N2O5. The lowest BCUT2D eigenvalue weighted by atomic mass is 10.1. The van der Waals surface area contributed by atoms with Crippen LogP contribution in [0.5, 0.6) is 11.5 Å². The lowest BCUT2D eigenvalue weighted by Gasteiger charge is -2.32. The average molecular weight is 336 g/mol. The lowest BCUT2D eigenvalue weighted by Crippen LogP contribution is -2.51. The van der Waals surface area contributed by atoms with Gasteiger partial charge in [-0.2, -0.15) is 0 Å². The molecule has 1 aromatic rings. The Morgan fingerprint density at radius 2 is 2.17 bits per heavy atom. The van der Waals surface area contributed by atoms with Crippen molar-refractivity contribution in [3.8, 4) is 11.5 Å². The van der Waals surface area contributed by atoms with E-state index in [2.05, 4.69) is 10.2 Å². The number of nitrogens with one attached hydrogen (secondary N) is 1. The summed E-state index contributed by atoms with van der Waals surface area (Å²) in [5.41, 5.74) is 0.539. The quantitative estimate of drug-likeness (QED) is 0.832. The SMILES string of the molecule is CN(C)CCO[C@@H]1CCOC[C@@H]1NC(=O)c1ccc2c(c1)OCO2. The number of nitrogens with zero attached hydrogens (tertiary/aromatic N) is 1. The number of fused-ring (bicyclic) bond motifs is 1. The van der Waals surface area contributed by atoms with Crippen LogP contribution in [0.25, 0.3) is 0 Å². The van der Waals surface area contributed by atoms with Crippen molar-refractivity contribution in [1.29, 1.82) is 0 Å². The molecule has 7 heteroatoms. The minimum Gasteiger partial charge on any atom is -0.454 e. The van der Waals surface area contributed by atoms with Crippen molar-refractivity contribution in [2.24, 2.45) is 0 Å². The number of hydrogen-bond donors (Lipinski definition) is 1. The molecule has 0 saturated carbocycles. The molecule has 0 radical (unpaired) electrons. The third-order valence-electron chi connectivity index (χ3n) is 4.11. The number of rotatable bonds is 6. The zero-order chi connectivity index (χ0) is 16.9. The van der Waals surface area contributed by atoms with Gasteiger partial charge in [-0.05, 0) is 38.7 Å². The van der Waals surface area contributed by atoms with Gasteiger partial charge in [-0.25, -0.2) is 0 Å². The summed E-state index contributed by atoms with van der Waals surface area (Å²) in [7, 11) is 4.01. The van der Waals surface area contributed by atoms with Gasteiger partial charge in [0, 0.05) is 18.7 Å². The van der Waals surface area contributed by atoms with Gasteiger partial charge in [0.2, 0.25) is 6.79 Å². The number of ether oxygens (including phenoxy) is 4. The van der Waals surface area contributed by atoms with Crippen molar-refractivity contribution < 1.29 is 23.7 Å². The summed E-state index contributed by atoms with van der Waals surface area (Å²) in [5.74, 6) is 1.10. The Hall–Kier alpha value is -1.83. The molecule has 0 bridgehead atoms. The Bertz CT molecular complexity index is 578. The molecule has 0 unspecified atom stereocenters. The van der Waals surface area contributed by atoms with Crippen LogP contribution in [0.2, 0.25) is 0 Å². The van der Waals surface area contributed by atoms with Gasteiger partial charge in [-0.1, -0.05) is 0 Å². The molecule has 1 N–H and O–H groups in total. The minimum absolute atomic E-state index is 0.0309. The first-order valence-corrected chi connectivity index (χ1v) is 8.18. The van der Waals surface area contributed by atoms with E-state index in [0.717, 1.165) is 13.0 Å². The molecule has 1 saturated heterocycles. The van der Waals surface area contributed by atoms with E-state index in [1.165, 1.54) is 0 Å². The normalized spacial score (nSPS) is 22.6. The van der Waals surface area contributed by atoms with Gasteiger partial charge < -0.3 is 29.2 Å². The van der Waals surface area contributed by atoms with Crippen LogP contribution in [0.1, 0.15) is 16.8 Å². The summed E-state index contributed by atoms with van der Waals surface area (Å²) in [6.45, 7) is 2.79. The van der Waals surface area contributed by atoms with Crippen molar-refractivity contribution in [1.82, 2.24) is 10.2 Å². The molecular weight excluding hydrogens is 312 g/mol. The predicted octanol–water partition coefficient (Wildman–Crippen LogP) is 0.881. The van der Waals surface area contributed by atoms with E-state index in [4.69, 9.17) is 18.9 Å². The number of amides is 1. The number of likely N-dealkylation sites (N-methyl/N-ethyl adjacent to an activating group) is 1. The van der Waals surface area contributed by atoms with E-state index in [1.807, 2.05) is 14.1 Å². The molecule has 2 aliphatic rings. The van der Waals surface area contributed by atoms with Crippen molar-refractivity contribution >= 4 is 5.91 Å². The highest BCUT2D eigenvalue weighted by molar-refractivity contribution is 5.95. The molecule has 132 valence electrons. The highest BCUT2D eigenvalue weighted by atomic mass is 16.7. The molecule has 7 nitrogen and oxygen atoms in total. The summed E-state index contributed by atoms with van der Waals surface area (Å²) < 4.78 is 22.0. The first kappa shape index (κ1) is 17.0. The van der Waals surface area contributed by atoms with Gasteiger partial charge in [0.15, 0.2) is 11.5 Å². The Morgan fingerprint density at radius 1 is 1.33 bits per heavy atom. The second-order valence-corrected chi connectivity index (χ2v) is 6.22. The van der Waals surface area contributed by atoms with E-state index in [1.54, 1.807) is 18.2 Å². The molecule has 2 heterocycles. The fourth-order valence-corrected chi connectivity index (χ4v) is 2.73. The number of carbonyl (C=O) groups is 1. The second-order valence-electron chi connectivity index (χ2n) is 6.22. The van der Waals surface area contributed by atoms with Crippen LogP contribution in [0.3, 0.4) is 0 Å². The average Bonchev–Trinajstić information content (AvgIpc) is 3.03. The van der Waals surface area contributed by atoms with Crippen LogP contribution >= 0.6 is 0 Å². The smallest absolute Gasteiger partial charge is 0.251 e. The molecule has 3 rings (SSSR count). The third kappa shape index (κ3) is 4.17. The van der Waals surface area contributed by atoms with Crippen LogP contribution in [0.4, 0.5) is 0 Å². The molecule has 24 heavy (non-hydrogen) atoms. The fourth-order valence-electron chi connectivity index (χ4n) is 2.73. The van der Waals surface area contributed by atoms with Crippen LogP contribution < -0.4 is 14.8 Å². The predicted molar refractivity (Wildman–Crippen MR) is 87.5 cm³/mol. The lowest BCUT2D eigenvalue weighted by molar-refractivity contribution is -0.0561. The Balaban J connectivity index is 1.58. The Kier molecular flexibility index (Phi) is 5.55. The van der Waals surface area contributed by atoms with Crippen molar-refractivity contribution in [3.63, 3.8) is 0 Å². The van der Waals surface area contributed by atoms with Crippen molar-refractivity contribution in [3.05, 3.63) is 23.8 Å². The van der Waals surface area contributed by atoms with Crippen LogP contribution in [0.15, 0.2) is 18.2 Å². The summed E-state index contributed by atoms with van der Waals surface area (Å²) in [6.07, 6.45) is 0.746. The first-order valence-electron chi connectivity index (χ1n) is 8.18. The number of benzene rings is 1. The number of hydrogen-bond acceptors (Lipinski definition) is 6. The maximum Gasteiger partial charge on any atom is 0.251 e. The summed E-state index contributed by atoms with van der Waals surface area (Å²) >= 11 is 0. The van der Waals surface area contributed by atoms with Crippen LogP contribution in [-0.2, 0) is 9.47 Å². The van der Waals surface area contributed by atoms with Crippen molar-refractivity contribution in [2.45, 2.75) is 18.6 Å². The van der Waals surface area contributed by atoms with Crippen molar-refractivity contribution in [2.75, 3.05) is 47.3 Å². The second kappa shape index (κ2) is 7.83. The van der Waals surface area contributed by atoms with Crippen LogP contribution in [-0.4, -0.2) is 70.2 Å². The van der Waals surface area contributed by atoms with Gasteiger partial charge in [0.25, 0.3) is 5.91 Å². The summed E-state index contributed by atoms with van der Waals surface area (Å²) in [4.78, 5) is 14.6. The van der Waals surface area contributed by atoms with Gasteiger partial charge in [0.05, 0.1) is 25.4 Å². The molecule has 2 atom stereocenters. The maximum absolute atomic E-state index is 12.5. The largest absolute Gasteiger partial charge is 0.454 e. The zero-order valence-corrected chi connectivity index (χ0v) is 14.1. The van der Waals surface area contributed by atoms with E-state index in [-0.39, 0.29) is 24.8 Å². The monoisotopic (exact) mass is 336 g/mol. The molecule has 1 amide bonds. The third-order valence-corrected chi connectivity index (χ3v) is 4.11. The first-order chi connectivity index (χ1) is 11.6. The zero-order valence-electron chi connectivity index (χ0n) is 14.1. The van der Waals surface area contributed by atoms with Gasteiger partial charge >= 0.3 is 0 Å². The summed E-state index contributed by atoms with van der Waals surface area (Å²) in [6, 6.07) is 5.02. The van der Waals surface area contributed by atoms with Gasteiger partial charge in [0.1, 0.15) is 0 Å². The van der Waals surface area contributed by atoms with E-state index in [9.17, 15) is 4.79 Å². The Labute approximate surface area is 141 Å². The number of carbonyl (C=O) groups excluding carboxylic acids is 1. The molecule has 2 aliphatic heterocycles. The molecule has 1 fully saturated rings. The minimum atomic E-state index is -0.162. The summed E-state index contributed by atoms with van der Waals surface area (Å²) in [5, 5.41) is 3.02. The standard InChI is InChI=1S/C17H24N2O5/c1-19(2)6-8-22-14-5-7-21-10-13(14)18-17(20)12-3-4-15-16(9-12)24-11-23-15/h3-4,9,13-14H,5-8,10-11H2,1-2H3,(H,18,20)/t13-,14+/m0/s1. The van der Waals surface area contributed by atoms with Crippen LogP contribution in [0, 0.1) is 0 Å². The molecule has 0 spiro atoms. The highest BCUT2D eigenvalue weighted by Gasteiger charge is 2.28. The molecule has 1 aromatic carbocycles. The van der Waals surface area contributed by atoms with Gasteiger partial charge in [-0.3, -0.25) is 4.79 Å². The topological polar surface area (TPSA) is 69.3 Å². The van der Waals surface area contributed by atoms with Gasteiger partial charge in [-0.15, -0.1) is 0 Å². The Morgan fingerprint density at radius 3 is 3.00 bits per heavy atom. The molecule has 0 aromatic heterocycles. The highest BCUT2D eigenvalue weighted by Crippen LogP contribution is 2.32. The maximum atomic E-state index is 12.5. The van der Waals surface area contributed by atoms with E-state index >= 15 is 0 Å². The van der Waals surface area contributed by atoms with E-state index < -0.39 is 0 Å².